The van der Waals surface area contributed by atoms with E-state index in [0.717, 1.165) is 6.54 Å². The third-order valence-corrected chi connectivity index (χ3v) is 5.02. The summed E-state index contributed by atoms with van der Waals surface area (Å²) in [6.45, 7) is 3.19. The van der Waals surface area contributed by atoms with Gasteiger partial charge < -0.3 is 9.80 Å². The van der Waals surface area contributed by atoms with E-state index in [2.05, 4.69) is 4.72 Å². The summed E-state index contributed by atoms with van der Waals surface area (Å²) in [6, 6.07) is 6.24. The molecule has 0 aromatic heterocycles. The lowest BCUT2D eigenvalue weighted by molar-refractivity contribution is -0.128. The molecule has 1 aromatic carbocycles. The number of hydrogen-bond acceptors (Lipinski definition) is 4. The Morgan fingerprint density at radius 3 is 2.36 bits per heavy atom. The minimum Gasteiger partial charge on any atom is -0.340 e. The van der Waals surface area contributed by atoms with Crippen molar-refractivity contribution in [3.63, 3.8) is 0 Å². The van der Waals surface area contributed by atoms with E-state index in [0.29, 0.717) is 13.1 Å². The lowest BCUT2D eigenvalue weighted by atomic mass is 10.4. The van der Waals surface area contributed by atoms with Gasteiger partial charge in [0.25, 0.3) is 0 Å². The van der Waals surface area contributed by atoms with Crippen molar-refractivity contribution < 1.29 is 13.2 Å². The van der Waals surface area contributed by atoms with E-state index in [9.17, 15) is 13.2 Å². The quantitative estimate of drug-likeness (QED) is 0.762. The van der Waals surface area contributed by atoms with E-state index >= 15 is 0 Å². The van der Waals surface area contributed by atoms with E-state index in [1.165, 1.54) is 19.1 Å². The summed E-state index contributed by atoms with van der Waals surface area (Å²) in [7, 11) is 0.156. The summed E-state index contributed by atoms with van der Waals surface area (Å²) >= 11 is 5.90. The Morgan fingerprint density at radius 2 is 1.82 bits per heavy atom. The summed E-state index contributed by atoms with van der Waals surface area (Å²) in [5, 5.41) is 0.172. The van der Waals surface area contributed by atoms with Crippen molar-refractivity contribution in [2.45, 2.75) is 11.8 Å². The molecule has 0 heterocycles. The zero-order valence-corrected chi connectivity index (χ0v) is 14.6. The van der Waals surface area contributed by atoms with Crippen molar-refractivity contribution >= 4 is 27.5 Å². The van der Waals surface area contributed by atoms with Crippen LogP contribution in [0.3, 0.4) is 0 Å². The zero-order chi connectivity index (χ0) is 16.8. The highest BCUT2D eigenvalue weighted by Crippen LogP contribution is 2.19. The minimum absolute atomic E-state index is 0.0410. The Bertz CT molecular complexity index is 605. The van der Waals surface area contributed by atoms with Crippen molar-refractivity contribution in [1.29, 1.82) is 0 Å². The molecule has 0 spiro atoms. The average molecular weight is 348 g/mol. The first kappa shape index (κ1) is 18.9. The van der Waals surface area contributed by atoms with E-state index in [4.69, 9.17) is 11.6 Å². The molecule has 0 bridgehead atoms. The van der Waals surface area contributed by atoms with Crippen molar-refractivity contribution in [2.75, 3.05) is 40.3 Å². The van der Waals surface area contributed by atoms with Crippen LogP contribution in [-0.4, -0.2) is 64.4 Å². The van der Waals surface area contributed by atoms with Crippen LogP contribution < -0.4 is 4.72 Å². The second-order valence-electron chi connectivity index (χ2n) is 5.14. The molecule has 0 unspecified atom stereocenters. The van der Waals surface area contributed by atoms with Gasteiger partial charge in [0.1, 0.15) is 4.90 Å². The van der Waals surface area contributed by atoms with Gasteiger partial charge >= 0.3 is 0 Å². The Balaban J connectivity index is 2.61. The standard InChI is InChI=1S/C14H22ClN3O3S/c1-12(19)18(11-10-17(2)3)9-8-16-22(20,21)14-7-5-4-6-13(14)15/h4-7,16H,8-11H2,1-3H3. The van der Waals surface area contributed by atoms with Crippen LogP contribution in [0, 0.1) is 0 Å². The monoisotopic (exact) mass is 347 g/mol. The summed E-state index contributed by atoms with van der Waals surface area (Å²) in [5.74, 6) is -0.0845. The van der Waals surface area contributed by atoms with Crippen LogP contribution in [0.4, 0.5) is 0 Å². The van der Waals surface area contributed by atoms with Gasteiger partial charge in [-0.15, -0.1) is 0 Å². The number of sulfonamides is 1. The first-order valence-electron chi connectivity index (χ1n) is 6.88. The fourth-order valence-corrected chi connectivity index (χ4v) is 3.34. The molecule has 1 N–H and O–H groups in total. The maximum absolute atomic E-state index is 12.2. The molecule has 0 saturated carbocycles. The van der Waals surface area contributed by atoms with Gasteiger partial charge in [-0.2, -0.15) is 0 Å². The summed E-state index contributed by atoms with van der Waals surface area (Å²) in [6.07, 6.45) is 0. The zero-order valence-electron chi connectivity index (χ0n) is 13.0. The largest absolute Gasteiger partial charge is 0.340 e. The molecular weight excluding hydrogens is 326 g/mol. The van der Waals surface area contributed by atoms with Gasteiger partial charge in [-0.25, -0.2) is 13.1 Å². The molecule has 1 aromatic rings. The minimum atomic E-state index is -3.67. The van der Waals surface area contributed by atoms with Crippen molar-refractivity contribution in [2.24, 2.45) is 0 Å². The van der Waals surface area contributed by atoms with E-state index in [1.807, 2.05) is 19.0 Å². The molecule has 6 nitrogen and oxygen atoms in total. The number of nitrogens with one attached hydrogen (secondary N) is 1. The fraction of sp³-hybridized carbons (Fsp3) is 0.500. The van der Waals surface area contributed by atoms with E-state index < -0.39 is 10.0 Å². The number of benzene rings is 1. The Kier molecular flexibility index (Phi) is 7.28. The van der Waals surface area contributed by atoms with Gasteiger partial charge in [0.15, 0.2) is 0 Å². The number of rotatable bonds is 8. The Hall–Kier alpha value is -1.15. The smallest absolute Gasteiger partial charge is 0.242 e. The maximum Gasteiger partial charge on any atom is 0.242 e. The lowest BCUT2D eigenvalue weighted by Crippen LogP contribution is -2.40. The van der Waals surface area contributed by atoms with Crippen molar-refractivity contribution in [3.05, 3.63) is 29.3 Å². The first-order chi connectivity index (χ1) is 10.2. The van der Waals surface area contributed by atoms with Gasteiger partial charge in [0.2, 0.25) is 15.9 Å². The first-order valence-corrected chi connectivity index (χ1v) is 8.74. The summed E-state index contributed by atoms with van der Waals surface area (Å²) in [5.41, 5.74) is 0. The SMILES string of the molecule is CC(=O)N(CCNS(=O)(=O)c1ccccc1Cl)CCN(C)C. The maximum atomic E-state index is 12.2. The molecule has 0 aliphatic carbocycles. The number of amides is 1. The molecular formula is C14H22ClN3O3S. The van der Waals surface area contributed by atoms with Crippen LogP contribution in [0.25, 0.3) is 0 Å². The lowest BCUT2D eigenvalue weighted by Gasteiger charge is -2.23. The number of nitrogens with zero attached hydrogens (tertiary/aromatic N) is 2. The molecule has 0 aliphatic rings. The molecule has 0 aliphatic heterocycles. The van der Waals surface area contributed by atoms with Crippen LogP contribution >= 0.6 is 11.6 Å². The molecule has 0 atom stereocenters. The van der Waals surface area contributed by atoms with Gasteiger partial charge in [-0.3, -0.25) is 4.79 Å². The van der Waals surface area contributed by atoms with Crippen LogP contribution in [0.5, 0.6) is 0 Å². The summed E-state index contributed by atoms with van der Waals surface area (Å²) in [4.78, 5) is 15.2. The van der Waals surface area contributed by atoms with Gasteiger partial charge in [0, 0.05) is 33.1 Å². The molecule has 8 heteroatoms. The third-order valence-electron chi connectivity index (χ3n) is 3.06. The number of likely N-dealkylation sites (N-methyl/N-ethyl adjacent to an activating group) is 1. The molecule has 0 fully saturated rings. The van der Waals surface area contributed by atoms with E-state index in [-0.39, 0.29) is 22.4 Å². The van der Waals surface area contributed by atoms with Crippen LogP contribution in [0.15, 0.2) is 29.2 Å². The predicted octanol–water partition coefficient (Wildman–Crippen LogP) is 1.03. The average Bonchev–Trinajstić information content (AvgIpc) is 2.42. The number of carbonyl (C=O) groups is 1. The fourth-order valence-electron chi connectivity index (χ4n) is 1.80. The highest BCUT2D eigenvalue weighted by Gasteiger charge is 2.17. The number of hydrogen-bond donors (Lipinski definition) is 1. The highest BCUT2D eigenvalue weighted by molar-refractivity contribution is 7.89. The van der Waals surface area contributed by atoms with Gasteiger partial charge in [-0.1, -0.05) is 23.7 Å². The van der Waals surface area contributed by atoms with Crippen molar-refractivity contribution in [3.8, 4) is 0 Å². The number of carbonyl (C=O) groups excluding carboxylic acids is 1. The molecule has 1 amide bonds. The van der Waals surface area contributed by atoms with Crippen LogP contribution in [0.1, 0.15) is 6.92 Å². The molecule has 124 valence electrons. The van der Waals surface area contributed by atoms with Gasteiger partial charge in [-0.05, 0) is 26.2 Å². The highest BCUT2D eigenvalue weighted by atomic mass is 35.5. The molecule has 1 rings (SSSR count). The normalized spacial score (nSPS) is 11.7. The Morgan fingerprint density at radius 1 is 1.18 bits per heavy atom. The molecule has 0 saturated heterocycles. The second-order valence-corrected chi connectivity index (χ2v) is 7.28. The molecule has 22 heavy (non-hydrogen) atoms. The van der Waals surface area contributed by atoms with Crippen LogP contribution in [0.2, 0.25) is 5.02 Å². The van der Waals surface area contributed by atoms with Crippen molar-refractivity contribution in [1.82, 2.24) is 14.5 Å². The molecule has 0 radical (unpaired) electrons. The predicted molar refractivity (Wildman–Crippen MR) is 87.4 cm³/mol. The second kappa shape index (κ2) is 8.47. The third kappa shape index (κ3) is 5.92. The Labute approximate surface area is 137 Å². The topological polar surface area (TPSA) is 69.7 Å². The van der Waals surface area contributed by atoms with Gasteiger partial charge in [0.05, 0.1) is 5.02 Å². The summed E-state index contributed by atoms with van der Waals surface area (Å²) < 4.78 is 26.8. The van der Waals surface area contributed by atoms with E-state index in [1.54, 1.807) is 17.0 Å². The number of halogens is 1. The van der Waals surface area contributed by atoms with Crippen LogP contribution in [-0.2, 0) is 14.8 Å².